The SMILES string of the molecule is CCOc1cc(/C=C/C(=O)c2ccc(C(=O)O)s2)ccc1OC. The lowest BCUT2D eigenvalue weighted by molar-refractivity contribution is 0.0702. The van der Waals surface area contributed by atoms with E-state index in [4.69, 9.17) is 14.6 Å². The van der Waals surface area contributed by atoms with E-state index in [-0.39, 0.29) is 10.7 Å². The van der Waals surface area contributed by atoms with Crippen molar-refractivity contribution in [1.82, 2.24) is 0 Å². The lowest BCUT2D eigenvalue weighted by atomic mass is 10.1. The van der Waals surface area contributed by atoms with Gasteiger partial charge in [0.25, 0.3) is 0 Å². The summed E-state index contributed by atoms with van der Waals surface area (Å²) in [5, 5.41) is 8.87. The van der Waals surface area contributed by atoms with Crippen LogP contribution in [0.4, 0.5) is 0 Å². The highest BCUT2D eigenvalue weighted by atomic mass is 32.1. The van der Waals surface area contributed by atoms with Gasteiger partial charge in [-0.2, -0.15) is 0 Å². The van der Waals surface area contributed by atoms with Crippen LogP contribution in [0.5, 0.6) is 11.5 Å². The Morgan fingerprint density at radius 1 is 1.17 bits per heavy atom. The molecule has 0 saturated heterocycles. The average molecular weight is 332 g/mol. The molecule has 6 heteroatoms. The van der Waals surface area contributed by atoms with E-state index in [0.717, 1.165) is 16.9 Å². The zero-order valence-electron chi connectivity index (χ0n) is 12.7. The summed E-state index contributed by atoms with van der Waals surface area (Å²) in [6.45, 7) is 2.39. The summed E-state index contributed by atoms with van der Waals surface area (Å²) in [6, 6.07) is 8.29. The number of rotatable bonds is 7. The van der Waals surface area contributed by atoms with Crippen LogP contribution in [0.3, 0.4) is 0 Å². The number of benzene rings is 1. The van der Waals surface area contributed by atoms with Crippen LogP contribution in [0, 0.1) is 0 Å². The molecule has 0 atom stereocenters. The predicted octanol–water partition coefficient (Wildman–Crippen LogP) is 3.75. The average Bonchev–Trinajstić information content (AvgIpc) is 3.03. The number of thiophene rings is 1. The van der Waals surface area contributed by atoms with Gasteiger partial charge in [0.1, 0.15) is 4.88 Å². The van der Waals surface area contributed by atoms with Gasteiger partial charge in [-0.05, 0) is 42.8 Å². The predicted molar refractivity (Wildman–Crippen MR) is 88.8 cm³/mol. The van der Waals surface area contributed by atoms with Crippen LogP contribution in [0.25, 0.3) is 6.08 Å². The first-order valence-electron chi connectivity index (χ1n) is 6.91. The molecule has 5 nitrogen and oxygen atoms in total. The van der Waals surface area contributed by atoms with Gasteiger partial charge in [-0.1, -0.05) is 12.1 Å². The molecule has 2 aromatic rings. The summed E-state index contributed by atoms with van der Waals surface area (Å²) < 4.78 is 10.7. The van der Waals surface area contributed by atoms with Gasteiger partial charge in [0.15, 0.2) is 17.3 Å². The Kier molecular flexibility index (Phi) is 5.54. The molecule has 0 amide bonds. The summed E-state index contributed by atoms with van der Waals surface area (Å²) in [4.78, 5) is 23.4. The number of aromatic carboxylic acids is 1. The summed E-state index contributed by atoms with van der Waals surface area (Å²) in [7, 11) is 1.56. The number of carbonyl (C=O) groups excluding carboxylic acids is 1. The van der Waals surface area contributed by atoms with Gasteiger partial charge in [-0.3, -0.25) is 4.79 Å². The summed E-state index contributed by atoms with van der Waals surface area (Å²) in [5.74, 6) is -0.0422. The first kappa shape index (κ1) is 16.8. The van der Waals surface area contributed by atoms with Crippen molar-refractivity contribution >= 4 is 29.2 Å². The summed E-state index contributed by atoms with van der Waals surface area (Å²) in [6.07, 6.45) is 3.07. The van der Waals surface area contributed by atoms with E-state index in [1.165, 1.54) is 18.2 Å². The number of hydrogen-bond acceptors (Lipinski definition) is 5. The number of allylic oxidation sites excluding steroid dienone is 1. The Balaban J connectivity index is 2.16. The third kappa shape index (κ3) is 4.20. The maximum Gasteiger partial charge on any atom is 0.345 e. The molecule has 120 valence electrons. The number of hydrogen-bond donors (Lipinski definition) is 1. The second-order valence-electron chi connectivity index (χ2n) is 4.51. The normalized spacial score (nSPS) is 10.7. The summed E-state index contributed by atoms with van der Waals surface area (Å²) >= 11 is 0.957. The Labute approximate surface area is 137 Å². The maximum atomic E-state index is 12.1. The van der Waals surface area contributed by atoms with Crippen LogP contribution in [0.1, 0.15) is 31.8 Å². The molecule has 0 aliphatic heterocycles. The van der Waals surface area contributed by atoms with Crippen molar-refractivity contribution in [2.45, 2.75) is 6.92 Å². The fourth-order valence-corrected chi connectivity index (χ4v) is 2.67. The molecule has 0 unspecified atom stereocenters. The van der Waals surface area contributed by atoms with Crippen molar-refractivity contribution in [2.24, 2.45) is 0 Å². The largest absolute Gasteiger partial charge is 0.493 e. The fraction of sp³-hybridized carbons (Fsp3) is 0.176. The summed E-state index contributed by atoms with van der Waals surface area (Å²) in [5.41, 5.74) is 0.789. The van der Waals surface area contributed by atoms with E-state index in [1.54, 1.807) is 25.3 Å². The molecular weight excluding hydrogens is 316 g/mol. The van der Waals surface area contributed by atoms with Gasteiger partial charge >= 0.3 is 5.97 Å². The lowest BCUT2D eigenvalue weighted by Crippen LogP contribution is -1.95. The van der Waals surface area contributed by atoms with Gasteiger partial charge in [-0.25, -0.2) is 4.79 Å². The Hall–Kier alpha value is -2.60. The highest BCUT2D eigenvalue weighted by molar-refractivity contribution is 7.16. The number of ketones is 1. The number of carboxylic acids is 1. The van der Waals surface area contributed by atoms with E-state index < -0.39 is 5.97 Å². The molecule has 0 radical (unpaired) electrons. The van der Waals surface area contributed by atoms with Gasteiger partial charge in [0.05, 0.1) is 18.6 Å². The molecule has 1 N–H and O–H groups in total. The van der Waals surface area contributed by atoms with E-state index in [9.17, 15) is 9.59 Å². The molecule has 0 saturated carbocycles. The zero-order chi connectivity index (χ0) is 16.8. The molecule has 1 aromatic carbocycles. The van der Waals surface area contributed by atoms with E-state index in [2.05, 4.69) is 0 Å². The molecule has 1 heterocycles. The fourth-order valence-electron chi connectivity index (χ4n) is 1.90. The molecule has 0 fully saturated rings. The first-order valence-corrected chi connectivity index (χ1v) is 7.73. The highest BCUT2D eigenvalue weighted by Crippen LogP contribution is 2.28. The molecule has 23 heavy (non-hydrogen) atoms. The number of carboxylic acid groups (broad SMARTS) is 1. The second-order valence-corrected chi connectivity index (χ2v) is 5.59. The molecule has 2 rings (SSSR count). The van der Waals surface area contributed by atoms with Crippen LogP contribution in [-0.4, -0.2) is 30.6 Å². The first-order chi connectivity index (χ1) is 11.0. The van der Waals surface area contributed by atoms with Gasteiger partial charge in [-0.15, -0.1) is 11.3 Å². The van der Waals surface area contributed by atoms with Crippen LogP contribution in [0.15, 0.2) is 36.4 Å². The molecular formula is C17H16O5S. The Morgan fingerprint density at radius 2 is 1.91 bits per heavy atom. The molecule has 0 spiro atoms. The van der Waals surface area contributed by atoms with Crippen LogP contribution in [-0.2, 0) is 0 Å². The minimum Gasteiger partial charge on any atom is -0.493 e. The number of carbonyl (C=O) groups is 2. The lowest BCUT2D eigenvalue weighted by Gasteiger charge is -2.09. The zero-order valence-corrected chi connectivity index (χ0v) is 13.6. The van der Waals surface area contributed by atoms with Gasteiger partial charge < -0.3 is 14.6 Å². The maximum absolute atomic E-state index is 12.1. The van der Waals surface area contributed by atoms with Crippen LogP contribution >= 0.6 is 11.3 Å². The van der Waals surface area contributed by atoms with Crippen molar-refractivity contribution in [1.29, 1.82) is 0 Å². The molecule has 0 aliphatic carbocycles. The van der Waals surface area contributed by atoms with Crippen molar-refractivity contribution in [3.05, 3.63) is 51.7 Å². The molecule has 0 bridgehead atoms. The van der Waals surface area contributed by atoms with Crippen molar-refractivity contribution in [3.63, 3.8) is 0 Å². The van der Waals surface area contributed by atoms with Crippen molar-refractivity contribution in [2.75, 3.05) is 13.7 Å². The Morgan fingerprint density at radius 3 is 2.52 bits per heavy atom. The number of ether oxygens (including phenoxy) is 2. The monoisotopic (exact) mass is 332 g/mol. The van der Waals surface area contributed by atoms with Gasteiger partial charge in [0.2, 0.25) is 0 Å². The van der Waals surface area contributed by atoms with Crippen molar-refractivity contribution in [3.8, 4) is 11.5 Å². The van der Waals surface area contributed by atoms with Crippen molar-refractivity contribution < 1.29 is 24.2 Å². The standard InChI is InChI=1S/C17H16O5S/c1-3-22-14-10-11(5-7-13(14)21-2)4-6-12(18)15-8-9-16(23-15)17(19)20/h4-10H,3H2,1-2H3,(H,19,20)/b6-4+. The minimum atomic E-state index is -1.03. The topological polar surface area (TPSA) is 72.8 Å². The smallest absolute Gasteiger partial charge is 0.345 e. The number of methoxy groups -OCH3 is 1. The van der Waals surface area contributed by atoms with E-state index >= 15 is 0 Å². The van der Waals surface area contributed by atoms with Crippen LogP contribution in [0.2, 0.25) is 0 Å². The minimum absolute atomic E-state index is 0.143. The van der Waals surface area contributed by atoms with E-state index in [1.807, 2.05) is 13.0 Å². The quantitative estimate of drug-likeness (QED) is 0.617. The molecule has 0 aliphatic rings. The highest BCUT2D eigenvalue weighted by Gasteiger charge is 2.11. The second kappa shape index (κ2) is 7.60. The van der Waals surface area contributed by atoms with E-state index in [0.29, 0.717) is 23.0 Å². The molecule has 1 aromatic heterocycles. The third-order valence-electron chi connectivity index (χ3n) is 2.97. The Bertz CT molecular complexity index is 745. The van der Waals surface area contributed by atoms with Gasteiger partial charge in [0, 0.05) is 0 Å². The van der Waals surface area contributed by atoms with Crippen LogP contribution < -0.4 is 9.47 Å². The third-order valence-corrected chi connectivity index (χ3v) is 4.06.